The van der Waals surface area contributed by atoms with Crippen LogP contribution in [0.1, 0.15) is 102 Å². The molecule has 0 fully saturated rings. The van der Waals surface area contributed by atoms with Gasteiger partial charge < -0.3 is 14.6 Å². The number of para-hydroxylation sites is 2. The van der Waals surface area contributed by atoms with Crippen LogP contribution in [0.3, 0.4) is 0 Å². The van der Waals surface area contributed by atoms with Crippen molar-refractivity contribution in [2.24, 2.45) is 0 Å². The summed E-state index contributed by atoms with van der Waals surface area (Å²) in [5, 5.41) is 0. The molecule has 2 aliphatic carbocycles. The fraction of sp³-hybridized carbons (Fsp3) is 0.153. The molecule has 428 valence electrons. The third-order valence-electron chi connectivity index (χ3n) is 21.1. The van der Waals surface area contributed by atoms with E-state index in [9.17, 15) is 0 Å². The normalized spacial score (nSPS) is 15.4. The zero-order chi connectivity index (χ0) is 60.1. The molecular formula is C85H70BN3. The number of hydrogen-bond acceptors (Lipinski definition) is 3. The van der Waals surface area contributed by atoms with Crippen LogP contribution in [0.2, 0.25) is 0 Å². The molecule has 0 N–H and O–H groups in total. The average Bonchev–Trinajstić information content (AvgIpc) is 1.05. The van der Waals surface area contributed by atoms with Gasteiger partial charge in [0.1, 0.15) is 0 Å². The Bertz CT molecular complexity index is 4740. The Hall–Kier alpha value is -9.90. The van der Waals surface area contributed by atoms with Crippen LogP contribution in [-0.2, 0) is 22.7 Å². The van der Waals surface area contributed by atoms with Crippen LogP contribution >= 0.6 is 0 Å². The van der Waals surface area contributed by atoms with Crippen molar-refractivity contribution in [2.75, 3.05) is 14.6 Å². The minimum Gasteiger partial charge on any atom is -0.376 e. The summed E-state index contributed by atoms with van der Waals surface area (Å²) in [5.74, 6) is 0. The van der Waals surface area contributed by atoms with Crippen molar-refractivity contribution in [3.8, 4) is 44.5 Å². The van der Waals surface area contributed by atoms with Gasteiger partial charge in [-0.15, -0.1) is 0 Å². The topological polar surface area (TPSA) is 9.72 Å². The highest BCUT2D eigenvalue weighted by Crippen LogP contribution is 2.62. The monoisotopic (exact) mass is 1140 g/mol. The molecule has 0 aromatic heterocycles. The van der Waals surface area contributed by atoms with Crippen molar-refractivity contribution in [3.05, 3.63) is 322 Å². The maximum Gasteiger partial charge on any atom is 0.333 e. The van der Waals surface area contributed by atoms with Crippen molar-refractivity contribution >= 4 is 63.3 Å². The quantitative estimate of drug-likeness (QED) is 0.140. The zero-order valence-corrected chi connectivity index (χ0v) is 51.9. The molecule has 0 spiro atoms. The van der Waals surface area contributed by atoms with Crippen molar-refractivity contribution in [1.82, 2.24) is 0 Å². The molecular weight excluding hydrogens is 1070 g/mol. The summed E-state index contributed by atoms with van der Waals surface area (Å²) in [6, 6.07) is 99.8. The summed E-state index contributed by atoms with van der Waals surface area (Å²) in [6.07, 6.45) is 3.19. The van der Waals surface area contributed by atoms with E-state index >= 15 is 0 Å². The SMILES string of the molecule is Cc1cc2c(cc1N1B3c4cccc5c4N(c4ccccc4C5(c4ccccc4)c4ccccc4)c4cc(N(c5ccc(-c6ccccc6)cc5C)c5ccc(-c6ccccc6)cc5C)cc(c43)-c3ccc4c(c31)-c1ccccc1C4)C(C)(C)CCC2(C)C. The molecule has 0 amide bonds. The molecule has 12 aromatic rings. The third kappa shape index (κ3) is 7.85. The summed E-state index contributed by atoms with van der Waals surface area (Å²) < 4.78 is 0. The second kappa shape index (κ2) is 19.8. The van der Waals surface area contributed by atoms with E-state index in [0.29, 0.717) is 0 Å². The van der Waals surface area contributed by atoms with Crippen LogP contribution in [0.5, 0.6) is 0 Å². The number of nitrogens with zero attached hydrogens (tertiary/aromatic N) is 3. The maximum atomic E-state index is 2.87. The molecule has 12 aromatic carbocycles. The zero-order valence-electron chi connectivity index (χ0n) is 51.9. The molecule has 0 atom stereocenters. The van der Waals surface area contributed by atoms with E-state index in [-0.39, 0.29) is 17.7 Å². The van der Waals surface area contributed by atoms with E-state index in [0.717, 1.165) is 36.3 Å². The Balaban J connectivity index is 1.03. The number of rotatable bonds is 8. The second-order valence-corrected chi connectivity index (χ2v) is 27.1. The first-order chi connectivity index (χ1) is 43.4. The second-order valence-electron chi connectivity index (χ2n) is 27.1. The summed E-state index contributed by atoms with van der Waals surface area (Å²) in [4.78, 5) is 8.16. The maximum absolute atomic E-state index is 2.87. The van der Waals surface area contributed by atoms with Crippen LogP contribution in [0.4, 0.5) is 45.5 Å². The van der Waals surface area contributed by atoms with E-state index < -0.39 is 5.41 Å². The number of fused-ring (bicyclic) bond motifs is 11. The van der Waals surface area contributed by atoms with Gasteiger partial charge in [-0.05, 0) is 205 Å². The van der Waals surface area contributed by atoms with Gasteiger partial charge in [-0.1, -0.05) is 240 Å². The van der Waals surface area contributed by atoms with Crippen LogP contribution in [0, 0.1) is 20.8 Å². The molecule has 4 heteroatoms. The fourth-order valence-electron chi connectivity index (χ4n) is 16.7. The number of hydrogen-bond donors (Lipinski definition) is 0. The lowest BCUT2D eigenvalue weighted by molar-refractivity contribution is 0.332. The molecule has 3 nitrogen and oxygen atoms in total. The van der Waals surface area contributed by atoms with Gasteiger partial charge in [0.2, 0.25) is 0 Å². The first-order valence-corrected chi connectivity index (χ1v) is 32.0. The van der Waals surface area contributed by atoms with E-state index in [1.54, 1.807) is 0 Å². The van der Waals surface area contributed by atoms with Gasteiger partial charge in [-0.2, -0.15) is 0 Å². The van der Waals surface area contributed by atoms with Crippen molar-refractivity contribution in [1.29, 1.82) is 0 Å². The summed E-state index contributed by atoms with van der Waals surface area (Å²) in [6.45, 7) is 16.7. The van der Waals surface area contributed by atoms with Gasteiger partial charge >= 0.3 is 6.85 Å². The minimum atomic E-state index is -0.672. The lowest BCUT2D eigenvalue weighted by Gasteiger charge is -2.53. The van der Waals surface area contributed by atoms with E-state index in [2.05, 4.69) is 324 Å². The minimum absolute atomic E-state index is 0.0165. The van der Waals surface area contributed by atoms with Crippen molar-refractivity contribution in [3.63, 3.8) is 0 Å². The highest BCUT2D eigenvalue weighted by Gasteiger charge is 2.54. The highest BCUT2D eigenvalue weighted by atomic mass is 15.2. The molecule has 3 heterocycles. The van der Waals surface area contributed by atoms with Gasteiger partial charge in [-0.25, -0.2) is 0 Å². The Morgan fingerprint density at radius 2 is 0.944 bits per heavy atom. The number of aryl methyl sites for hydroxylation is 3. The lowest BCUT2D eigenvalue weighted by atomic mass is 9.42. The first kappa shape index (κ1) is 53.4. The van der Waals surface area contributed by atoms with Gasteiger partial charge in [0, 0.05) is 50.9 Å². The average molecular weight is 1140 g/mol. The molecule has 0 radical (unpaired) electrons. The number of benzene rings is 12. The molecule has 0 saturated heterocycles. The van der Waals surface area contributed by atoms with Crippen LogP contribution in [0.15, 0.2) is 261 Å². The van der Waals surface area contributed by atoms with Gasteiger partial charge in [-0.3, -0.25) is 0 Å². The Morgan fingerprint density at radius 3 is 1.57 bits per heavy atom. The molecule has 3 aliphatic heterocycles. The predicted molar refractivity (Wildman–Crippen MR) is 375 cm³/mol. The largest absolute Gasteiger partial charge is 0.376 e. The third-order valence-corrected chi connectivity index (χ3v) is 21.1. The van der Waals surface area contributed by atoms with Gasteiger partial charge in [0.25, 0.3) is 0 Å². The highest BCUT2D eigenvalue weighted by molar-refractivity contribution is 6.94. The van der Waals surface area contributed by atoms with Gasteiger partial charge in [0.15, 0.2) is 0 Å². The summed E-state index contributed by atoms with van der Waals surface area (Å²) in [5.41, 5.74) is 36.1. The van der Waals surface area contributed by atoms with E-state index in [1.807, 2.05) is 0 Å². The molecule has 0 unspecified atom stereocenters. The standard InChI is InChI=1S/C85H70BN3/c1-54-47-59(57-25-12-8-13-26-57)40-43-74(54)87(75-44-41-60(48-55(75)2)58-27-14-9-15-28-58)65-51-68-67-42-39-62-50-61-29-20-21-34-66(61)79(62)81(67)89(77-53-72-71(49-56(77)3)83(4,5)45-46-84(72,6)7)86-73-37-24-36-70-82(73)88(78(52-65)80(68)86)76-38-23-22-35-69(76)85(70,63-30-16-10-17-31-63)64-32-18-11-19-33-64/h8-44,47-49,51-53H,45-46,50H2,1-7H3. The Morgan fingerprint density at radius 1 is 0.382 bits per heavy atom. The number of anilines is 8. The van der Waals surface area contributed by atoms with E-state index in [4.69, 9.17) is 0 Å². The molecule has 0 saturated carbocycles. The van der Waals surface area contributed by atoms with Gasteiger partial charge in [0.05, 0.1) is 11.1 Å². The molecule has 89 heavy (non-hydrogen) atoms. The van der Waals surface area contributed by atoms with Crippen molar-refractivity contribution < 1.29 is 0 Å². The Kier molecular flexibility index (Phi) is 11.9. The van der Waals surface area contributed by atoms with E-state index in [1.165, 1.54) is 145 Å². The summed E-state index contributed by atoms with van der Waals surface area (Å²) >= 11 is 0. The molecule has 17 rings (SSSR count). The Labute approximate surface area is 525 Å². The molecule has 0 bridgehead atoms. The first-order valence-electron chi connectivity index (χ1n) is 32.0. The smallest absolute Gasteiger partial charge is 0.333 e. The lowest BCUT2D eigenvalue weighted by Crippen LogP contribution is -2.63. The van der Waals surface area contributed by atoms with Crippen molar-refractivity contribution in [2.45, 2.75) is 84.0 Å². The van der Waals surface area contributed by atoms with Crippen LogP contribution < -0.4 is 25.5 Å². The summed E-state index contributed by atoms with van der Waals surface area (Å²) in [7, 11) is 0. The predicted octanol–water partition coefficient (Wildman–Crippen LogP) is 20.7. The van der Waals surface area contributed by atoms with Crippen LogP contribution in [-0.4, -0.2) is 6.85 Å². The fourth-order valence-corrected chi connectivity index (χ4v) is 16.7. The molecule has 5 aliphatic rings. The van der Waals surface area contributed by atoms with Crippen LogP contribution in [0.25, 0.3) is 44.5 Å².